The molecule has 0 aromatic rings. The summed E-state index contributed by atoms with van der Waals surface area (Å²) >= 11 is 0. The van der Waals surface area contributed by atoms with Gasteiger partial charge in [-0.3, -0.25) is 0 Å². The molecule has 1 fully saturated rings. The van der Waals surface area contributed by atoms with Gasteiger partial charge >= 0.3 is 6.09 Å². The molecular formula is C7H14N2O2. The summed E-state index contributed by atoms with van der Waals surface area (Å²) in [4.78, 5) is 10.4. The molecule has 1 amide bonds. The number of primary amides is 1. The van der Waals surface area contributed by atoms with E-state index in [0.29, 0.717) is 5.92 Å². The van der Waals surface area contributed by atoms with Crippen LogP contribution in [0.1, 0.15) is 13.3 Å². The molecular weight excluding hydrogens is 144 g/mol. The predicted molar refractivity (Wildman–Crippen MR) is 41.1 cm³/mol. The number of ether oxygens (including phenoxy) is 1. The largest absolute Gasteiger partial charge is 0.445 e. The lowest BCUT2D eigenvalue weighted by Crippen LogP contribution is -2.28. The topological polar surface area (TPSA) is 64.3 Å². The number of hydrogen-bond acceptors (Lipinski definition) is 3. The molecule has 1 rings (SSSR count). The molecule has 0 aromatic heterocycles. The number of nitrogens with two attached hydrogens (primary N) is 1. The minimum absolute atomic E-state index is 0.0162. The zero-order valence-electron chi connectivity index (χ0n) is 6.67. The first-order chi connectivity index (χ1) is 5.24. The standard InChI is InChI=1S/C7H14N2O2/c1-2-5-3-9-4-6(5)11-7(8)10/h5-6,9H,2-4H2,1H3,(H2,8,10)/t5-,6+/m0/s1. The van der Waals surface area contributed by atoms with Crippen LogP contribution >= 0.6 is 0 Å². The van der Waals surface area contributed by atoms with Crippen LogP contribution < -0.4 is 11.1 Å². The summed E-state index contributed by atoms with van der Waals surface area (Å²) in [6.45, 7) is 3.74. The van der Waals surface area contributed by atoms with Crippen molar-refractivity contribution >= 4 is 6.09 Å². The zero-order chi connectivity index (χ0) is 8.27. The third-order valence-corrected chi connectivity index (χ3v) is 2.07. The lowest BCUT2D eigenvalue weighted by atomic mass is 10.0. The van der Waals surface area contributed by atoms with Crippen molar-refractivity contribution in [3.05, 3.63) is 0 Å². The smallest absolute Gasteiger partial charge is 0.404 e. The second-order valence-corrected chi connectivity index (χ2v) is 2.80. The Bertz CT molecular complexity index is 149. The summed E-state index contributed by atoms with van der Waals surface area (Å²) in [6.07, 6.45) is 0.333. The van der Waals surface area contributed by atoms with Gasteiger partial charge in [0.15, 0.2) is 0 Å². The SMILES string of the molecule is CC[C@H]1CNC[C@H]1OC(N)=O. The maximum atomic E-state index is 10.4. The molecule has 0 aromatic carbocycles. The van der Waals surface area contributed by atoms with Gasteiger partial charge in [0, 0.05) is 19.0 Å². The Labute approximate surface area is 66.1 Å². The number of nitrogens with one attached hydrogen (secondary N) is 1. The summed E-state index contributed by atoms with van der Waals surface area (Å²) in [5.74, 6) is 0.433. The van der Waals surface area contributed by atoms with Gasteiger partial charge in [0.25, 0.3) is 0 Å². The van der Waals surface area contributed by atoms with E-state index in [9.17, 15) is 4.79 Å². The van der Waals surface area contributed by atoms with Crippen LogP contribution in [0.15, 0.2) is 0 Å². The van der Waals surface area contributed by atoms with E-state index in [-0.39, 0.29) is 6.10 Å². The van der Waals surface area contributed by atoms with E-state index in [4.69, 9.17) is 10.5 Å². The van der Waals surface area contributed by atoms with Crippen LogP contribution in [0.2, 0.25) is 0 Å². The lowest BCUT2D eigenvalue weighted by molar-refractivity contribution is 0.0912. The highest BCUT2D eigenvalue weighted by Gasteiger charge is 2.27. The van der Waals surface area contributed by atoms with Gasteiger partial charge in [-0.15, -0.1) is 0 Å². The normalized spacial score (nSPS) is 30.3. The highest BCUT2D eigenvalue weighted by Crippen LogP contribution is 2.15. The fraction of sp³-hybridized carbons (Fsp3) is 0.857. The van der Waals surface area contributed by atoms with Gasteiger partial charge < -0.3 is 15.8 Å². The molecule has 1 heterocycles. The monoisotopic (exact) mass is 158 g/mol. The van der Waals surface area contributed by atoms with Crippen LogP contribution in [0.5, 0.6) is 0 Å². The van der Waals surface area contributed by atoms with Crippen LogP contribution in [0.4, 0.5) is 4.79 Å². The second-order valence-electron chi connectivity index (χ2n) is 2.80. The molecule has 0 spiro atoms. The van der Waals surface area contributed by atoms with Crippen molar-refractivity contribution < 1.29 is 9.53 Å². The number of hydrogen-bond donors (Lipinski definition) is 2. The highest BCUT2D eigenvalue weighted by atomic mass is 16.6. The van der Waals surface area contributed by atoms with Gasteiger partial charge in [0.2, 0.25) is 0 Å². The van der Waals surface area contributed by atoms with E-state index in [2.05, 4.69) is 12.2 Å². The Morgan fingerprint density at radius 2 is 2.45 bits per heavy atom. The molecule has 0 saturated carbocycles. The highest BCUT2D eigenvalue weighted by molar-refractivity contribution is 5.64. The maximum absolute atomic E-state index is 10.4. The molecule has 11 heavy (non-hydrogen) atoms. The van der Waals surface area contributed by atoms with E-state index in [1.54, 1.807) is 0 Å². The summed E-state index contributed by atoms with van der Waals surface area (Å²) < 4.78 is 4.89. The number of carbonyl (C=O) groups excluding carboxylic acids is 1. The number of rotatable bonds is 2. The first-order valence-corrected chi connectivity index (χ1v) is 3.90. The molecule has 3 N–H and O–H groups in total. The first-order valence-electron chi connectivity index (χ1n) is 3.90. The van der Waals surface area contributed by atoms with Gasteiger partial charge in [-0.1, -0.05) is 6.92 Å². The molecule has 64 valence electrons. The first kappa shape index (κ1) is 8.33. The Kier molecular flexibility index (Phi) is 2.70. The van der Waals surface area contributed by atoms with E-state index in [1.807, 2.05) is 0 Å². The minimum Gasteiger partial charge on any atom is -0.445 e. The average Bonchev–Trinajstić information content (AvgIpc) is 2.34. The Morgan fingerprint density at radius 1 is 1.73 bits per heavy atom. The van der Waals surface area contributed by atoms with Crippen molar-refractivity contribution in [1.29, 1.82) is 0 Å². The zero-order valence-corrected chi connectivity index (χ0v) is 6.67. The van der Waals surface area contributed by atoms with Crippen LogP contribution in [0, 0.1) is 5.92 Å². The molecule has 2 atom stereocenters. The third-order valence-electron chi connectivity index (χ3n) is 2.07. The molecule has 4 nitrogen and oxygen atoms in total. The van der Waals surface area contributed by atoms with Crippen LogP contribution in [0.25, 0.3) is 0 Å². The minimum atomic E-state index is -0.669. The average molecular weight is 158 g/mol. The van der Waals surface area contributed by atoms with E-state index >= 15 is 0 Å². The van der Waals surface area contributed by atoms with Crippen molar-refractivity contribution in [2.45, 2.75) is 19.4 Å². The molecule has 0 unspecified atom stereocenters. The van der Waals surface area contributed by atoms with Crippen molar-refractivity contribution in [2.24, 2.45) is 11.7 Å². The van der Waals surface area contributed by atoms with Crippen molar-refractivity contribution in [2.75, 3.05) is 13.1 Å². The Hall–Kier alpha value is -0.770. The maximum Gasteiger partial charge on any atom is 0.404 e. The van der Waals surface area contributed by atoms with Gasteiger partial charge in [0.1, 0.15) is 6.10 Å². The molecule has 1 aliphatic heterocycles. The molecule has 0 aliphatic carbocycles. The van der Waals surface area contributed by atoms with Crippen molar-refractivity contribution in [3.63, 3.8) is 0 Å². The van der Waals surface area contributed by atoms with Crippen LogP contribution in [-0.4, -0.2) is 25.3 Å². The predicted octanol–water partition coefficient (Wildman–Crippen LogP) is 0.0797. The van der Waals surface area contributed by atoms with Gasteiger partial charge in [-0.05, 0) is 6.42 Å². The quantitative estimate of drug-likeness (QED) is 0.598. The number of amides is 1. The second kappa shape index (κ2) is 3.57. The molecule has 1 aliphatic rings. The Morgan fingerprint density at radius 3 is 3.00 bits per heavy atom. The molecule has 0 bridgehead atoms. The summed E-state index contributed by atoms with van der Waals surface area (Å²) in [6, 6.07) is 0. The number of carbonyl (C=O) groups is 1. The van der Waals surface area contributed by atoms with Gasteiger partial charge in [0.05, 0.1) is 0 Å². The summed E-state index contributed by atoms with van der Waals surface area (Å²) in [7, 11) is 0. The lowest BCUT2D eigenvalue weighted by Gasteiger charge is -2.15. The fourth-order valence-corrected chi connectivity index (χ4v) is 1.40. The molecule has 0 radical (unpaired) electrons. The Balaban J connectivity index is 2.37. The summed E-state index contributed by atoms with van der Waals surface area (Å²) in [5, 5.41) is 3.15. The van der Waals surface area contributed by atoms with Gasteiger partial charge in [-0.25, -0.2) is 4.79 Å². The summed E-state index contributed by atoms with van der Waals surface area (Å²) in [5.41, 5.74) is 4.90. The van der Waals surface area contributed by atoms with E-state index < -0.39 is 6.09 Å². The molecule has 1 saturated heterocycles. The van der Waals surface area contributed by atoms with Crippen LogP contribution in [-0.2, 0) is 4.74 Å². The van der Waals surface area contributed by atoms with Gasteiger partial charge in [-0.2, -0.15) is 0 Å². The fourth-order valence-electron chi connectivity index (χ4n) is 1.40. The van der Waals surface area contributed by atoms with Crippen molar-refractivity contribution in [1.82, 2.24) is 5.32 Å². The molecule has 4 heteroatoms. The van der Waals surface area contributed by atoms with Crippen LogP contribution in [0.3, 0.4) is 0 Å². The van der Waals surface area contributed by atoms with E-state index in [0.717, 1.165) is 19.5 Å². The third kappa shape index (κ3) is 2.08. The van der Waals surface area contributed by atoms with E-state index in [1.165, 1.54) is 0 Å². The van der Waals surface area contributed by atoms with Crippen molar-refractivity contribution in [3.8, 4) is 0 Å².